The van der Waals surface area contributed by atoms with E-state index >= 15 is 0 Å². The van der Waals surface area contributed by atoms with Gasteiger partial charge in [0.2, 0.25) is 0 Å². The summed E-state index contributed by atoms with van der Waals surface area (Å²) in [5, 5.41) is 30.8. The lowest BCUT2D eigenvalue weighted by molar-refractivity contribution is -0.194. The van der Waals surface area contributed by atoms with Crippen molar-refractivity contribution in [3.05, 3.63) is 71.4 Å². The minimum Gasteiger partial charge on any atom is -0.478 e. The van der Waals surface area contributed by atoms with E-state index in [1.54, 1.807) is 38.2 Å². The Bertz CT molecular complexity index is 755. The molecule has 0 aromatic rings. The lowest BCUT2D eigenvalue weighted by Crippen LogP contribution is -2.62. The Hall–Kier alpha value is -2.17. The number of carboxylic acids is 1. The van der Waals surface area contributed by atoms with Gasteiger partial charge in [-0.1, -0.05) is 73.6 Å². The summed E-state index contributed by atoms with van der Waals surface area (Å²) in [5.41, 5.74) is -0.559. The standard InChI is InChI=1S/C25H36O4/c1-19(11-7-8-14-21(3)22(26)27)12-9-13-20(2)15-18-25(29)23(4,5)16-10-17-24(25,6)28/h7-9,11-15,18,28-29H,10,16-17H2,1-6H3,(H,26,27)/b8-7+,12-9+,18-15+,19-11+,20-13+,21-14+. The zero-order valence-corrected chi connectivity index (χ0v) is 18.6. The Labute approximate surface area is 175 Å². The summed E-state index contributed by atoms with van der Waals surface area (Å²) >= 11 is 0. The fourth-order valence-corrected chi connectivity index (χ4v) is 3.58. The third kappa shape index (κ3) is 6.69. The highest BCUT2D eigenvalue weighted by molar-refractivity contribution is 5.86. The summed E-state index contributed by atoms with van der Waals surface area (Å²) in [4.78, 5) is 10.7. The topological polar surface area (TPSA) is 77.8 Å². The molecule has 0 bridgehead atoms. The highest BCUT2D eigenvalue weighted by atomic mass is 16.4. The van der Waals surface area contributed by atoms with Crippen LogP contribution in [-0.4, -0.2) is 32.5 Å². The lowest BCUT2D eigenvalue weighted by atomic mass is 9.58. The van der Waals surface area contributed by atoms with Gasteiger partial charge in [0.1, 0.15) is 5.60 Å². The third-order valence-corrected chi connectivity index (χ3v) is 5.78. The Morgan fingerprint density at radius 2 is 1.38 bits per heavy atom. The average molecular weight is 401 g/mol. The van der Waals surface area contributed by atoms with E-state index in [9.17, 15) is 15.0 Å². The van der Waals surface area contributed by atoms with Crippen LogP contribution in [0.25, 0.3) is 0 Å². The minimum atomic E-state index is -1.28. The minimum absolute atomic E-state index is 0.287. The summed E-state index contributed by atoms with van der Waals surface area (Å²) in [7, 11) is 0. The molecule has 4 nitrogen and oxygen atoms in total. The van der Waals surface area contributed by atoms with Gasteiger partial charge in [0.15, 0.2) is 0 Å². The van der Waals surface area contributed by atoms with E-state index in [-0.39, 0.29) is 5.57 Å². The van der Waals surface area contributed by atoms with Crippen LogP contribution < -0.4 is 0 Å². The third-order valence-electron chi connectivity index (χ3n) is 5.78. The monoisotopic (exact) mass is 400 g/mol. The highest BCUT2D eigenvalue weighted by Crippen LogP contribution is 2.50. The molecule has 0 spiro atoms. The molecule has 1 fully saturated rings. The van der Waals surface area contributed by atoms with Crippen molar-refractivity contribution in [3.63, 3.8) is 0 Å². The second-order valence-electron chi connectivity index (χ2n) is 8.83. The van der Waals surface area contributed by atoms with Crippen LogP contribution in [0.4, 0.5) is 0 Å². The first-order valence-electron chi connectivity index (χ1n) is 10.1. The molecule has 0 saturated heterocycles. The van der Waals surface area contributed by atoms with Gasteiger partial charge in [-0.05, 0) is 58.4 Å². The second-order valence-corrected chi connectivity index (χ2v) is 8.83. The molecule has 0 amide bonds. The van der Waals surface area contributed by atoms with E-state index in [0.717, 1.165) is 24.0 Å². The van der Waals surface area contributed by atoms with Crippen LogP contribution in [0.3, 0.4) is 0 Å². The number of hydrogen-bond donors (Lipinski definition) is 3. The van der Waals surface area contributed by atoms with Crippen LogP contribution in [-0.2, 0) is 4.79 Å². The van der Waals surface area contributed by atoms with E-state index < -0.39 is 22.6 Å². The van der Waals surface area contributed by atoms with Crippen molar-refractivity contribution in [1.82, 2.24) is 0 Å². The van der Waals surface area contributed by atoms with E-state index in [1.165, 1.54) is 0 Å². The molecule has 1 aliphatic rings. The first-order valence-corrected chi connectivity index (χ1v) is 10.1. The SMILES string of the molecule is CC(/C=C/C=C(C)/C=C/C1(O)C(C)(C)CCCC1(C)O)=C\C=C\C=C(/C)C(=O)O. The smallest absolute Gasteiger partial charge is 0.331 e. The van der Waals surface area contributed by atoms with Gasteiger partial charge in [-0.2, -0.15) is 0 Å². The van der Waals surface area contributed by atoms with Gasteiger partial charge in [-0.15, -0.1) is 0 Å². The van der Waals surface area contributed by atoms with Crippen LogP contribution in [0.5, 0.6) is 0 Å². The Morgan fingerprint density at radius 1 is 0.828 bits per heavy atom. The Balaban J connectivity index is 2.82. The summed E-state index contributed by atoms with van der Waals surface area (Å²) in [6.07, 6.45) is 18.7. The quantitative estimate of drug-likeness (QED) is 0.402. The van der Waals surface area contributed by atoms with Crippen LogP contribution in [0, 0.1) is 5.41 Å². The van der Waals surface area contributed by atoms with Gasteiger partial charge >= 0.3 is 5.97 Å². The van der Waals surface area contributed by atoms with E-state index in [1.807, 2.05) is 58.1 Å². The first-order chi connectivity index (χ1) is 13.3. The van der Waals surface area contributed by atoms with Crippen molar-refractivity contribution in [2.45, 2.75) is 72.0 Å². The highest BCUT2D eigenvalue weighted by Gasteiger charge is 2.56. The van der Waals surface area contributed by atoms with Crippen LogP contribution in [0.1, 0.15) is 60.8 Å². The summed E-state index contributed by atoms with van der Waals surface area (Å²) in [6.45, 7) is 11.2. The molecule has 0 aromatic carbocycles. The van der Waals surface area contributed by atoms with Gasteiger partial charge in [0.05, 0.1) is 5.60 Å². The molecule has 2 atom stereocenters. The molecule has 29 heavy (non-hydrogen) atoms. The van der Waals surface area contributed by atoms with Crippen LogP contribution >= 0.6 is 0 Å². The van der Waals surface area contributed by atoms with Crippen molar-refractivity contribution < 1.29 is 20.1 Å². The summed E-state index contributed by atoms with van der Waals surface area (Å²) < 4.78 is 0. The summed E-state index contributed by atoms with van der Waals surface area (Å²) in [5.74, 6) is -0.924. The molecule has 0 aliphatic heterocycles. The molecule has 0 aromatic heterocycles. The predicted octanol–water partition coefficient (Wildman–Crippen LogP) is 5.27. The molecule has 2 unspecified atom stereocenters. The van der Waals surface area contributed by atoms with Crippen molar-refractivity contribution in [2.24, 2.45) is 5.41 Å². The number of allylic oxidation sites excluding steroid dienone is 10. The van der Waals surface area contributed by atoms with Gasteiger partial charge in [0.25, 0.3) is 0 Å². The Kier molecular flexibility index (Phi) is 8.61. The molecular formula is C25H36O4. The molecule has 1 saturated carbocycles. The van der Waals surface area contributed by atoms with Crippen molar-refractivity contribution in [3.8, 4) is 0 Å². The maximum atomic E-state index is 11.2. The summed E-state index contributed by atoms with van der Waals surface area (Å²) in [6, 6.07) is 0. The average Bonchev–Trinajstić information content (AvgIpc) is 2.61. The molecule has 1 aliphatic carbocycles. The van der Waals surface area contributed by atoms with E-state index in [2.05, 4.69) is 0 Å². The van der Waals surface area contributed by atoms with E-state index in [0.29, 0.717) is 6.42 Å². The van der Waals surface area contributed by atoms with Crippen molar-refractivity contribution in [1.29, 1.82) is 0 Å². The lowest BCUT2D eigenvalue weighted by Gasteiger charge is -2.53. The molecule has 1 rings (SSSR count). The molecule has 160 valence electrons. The van der Waals surface area contributed by atoms with Gasteiger partial charge in [-0.25, -0.2) is 4.79 Å². The fourth-order valence-electron chi connectivity index (χ4n) is 3.58. The molecule has 0 radical (unpaired) electrons. The zero-order valence-electron chi connectivity index (χ0n) is 18.6. The largest absolute Gasteiger partial charge is 0.478 e. The molecular weight excluding hydrogens is 364 g/mol. The molecule has 4 heteroatoms. The predicted molar refractivity (Wildman–Crippen MR) is 120 cm³/mol. The fraction of sp³-hybridized carbons (Fsp3) is 0.480. The van der Waals surface area contributed by atoms with Gasteiger partial charge in [-0.3, -0.25) is 0 Å². The second kappa shape index (κ2) is 10.0. The number of carbonyl (C=O) groups is 1. The zero-order chi connectivity index (χ0) is 22.3. The van der Waals surface area contributed by atoms with Gasteiger partial charge < -0.3 is 15.3 Å². The number of aliphatic carboxylic acids is 1. The van der Waals surface area contributed by atoms with Crippen LogP contribution in [0.15, 0.2) is 71.4 Å². The normalized spacial score (nSPS) is 29.3. The Morgan fingerprint density at radius 3 is 1.97 bits per heavy atom. The number of aliphatic hydroxyl groups is 2. The van der Waals surface area contributed by atoms with Gasteiger partial charge in [0, 0.05) is 5.57 Å². The number of carboxylic acid groups (broad SMARTS) is 1. The van der Waals surface area contributed by atoms with Crippen molar-refractivity contribution >= 4 is 5.97 Å². The number of hydrogen-bond acceptors (Lipinski definition) is 3. The first kappa shape index (κ1) is 24.9. The van der Waals surface area contributed by atoms with Crippen LogP contribution in [0.2, 0.25) is 0 Å². The maximum Gasteiger partial charge on any atom is 0.331 e. The maximum absolute atomic E-state index is 11.2. The molecule has 3 N–H and O–H groups in total. The van der Waals surface area contributed by atoms with E-state index in [4.69, 9.17) is 5.11 Å². The number of rotatable bonds is 7. The van der Waals surface area contributed by atoms with Crippen molar-refractivity contribution in [2.75, 3.05) is 0 Å². The molecule has 0 heterocycles.